The lowest BCUT2D eigenvalue weighted by molar-refractivity contribution is -0.124. The zero-order valence-electron chi connectivity index (χ0n) is 12.9. The molecule has 0 saturated carbocycles. The molecule has 23 heavy (non-hydrogen) atoms. The average Bonchev–Trinajstić information content (AvgIpc) is 2.61. The summed E-state index contributed by atoms with van der Waals surface area (Å²) in [5.74, 6) is -0.565. The lowest BCUT2D eigenvalue weighted by Gasteiger charge is -2.25. The molecule has 2 rings (SSSR count). The van der Waals surface area contributed by atoms with E-state index in [1.807, 2.05) is 24.3 Å². The van der Waals surface area contributed by atoms with Gasteiger partial charge in [0.2, 0.25) is 0 Å². The van der Waals surface area contributed by atoms with Crippen LogP contribution < -0.4 is 5.48 Å². The smallest absolute Gasteiger partial charge is 0.267 e. The summed E-state index contributed by atoms with van der Waals surface area (Å²) >= 11 is 0. The maximum Gasteiger partial charge on any atom is 0.267 e. The number of hydroxylamine groups is 1. The lowest BCUT2D eigenvalue weighted by Crippen LogP contribution is -2.38. The number of hydrogen-bond donors (Lipinski definition) is 2. The monoisotopic (exact) mass is 319 g/mol. The van der Waals surface area contributed by atoms with Gasteiger partial charge in [0.25, 0.3) is 5.91 Å². The van der Waals surface area contributed by atoms with Gasteiger partial charge in [-0.25, -0.2) is 5.48 Å². The molecule has 1 heterocycles. The summed E-state index contributed by atoms with van der Waals surface area (Å²) < 4.78 is 5.28. The van der Waals surface area contributed by atoms with Crippen molar-refractivity contribution < 1.29 is 19.6 Å². The Morgan fingerprint density at radius 3 is 2.70 bits per heavy atom. The van der Waals surface area contributed by atoms with Crippen LogP contribution in [0.4, 0.5) is 0 Å². The van der Waals surface area contributed by atoms with Crippen LogP contribution in [0.5, 0.6) is 0 Å². The Bertz CT molecular complexity index is 537. The maximum absolute atomic E-state index is 10.9. The second kappa shape index (κ2) is 9.73. The Morgan fingerprint density at radius 2 is 2.00 bits per heavy atom. The minimum atomic E-state index is -0.565. The molecule has 1 saturated heterocycles. The molecule has 1 aromatic carbocycles. The van der Waals surface area contributed by atoms with E-state index in [0.29, 0.717) is 6.61 Å². The quantitative estimate of drug-likeness (QED) is 0.256. The van der Waals surface area contributed by atoms with Crippen LogP contribution in [-0.4, -0.2) is 61.7 Å². The first kappa shape index (κ1) is 17.1. The molecule has 0 atom stereocenters. The molecule has 1 fully saturated rings. The molecular formula is C16H21N3O4. The number of nitrogens with one attached hydrogen (secondary N) is 1. The van der Waals surface area contributed by atoms with E-state index in [2.05, 4.69) is 10.1 Å². The zero-order valence-corrected chi connectivity index (χ0v) is 12.9. The van der Waals surface area contributed by atoms with Gasteiger partial charge in [-0.1, -0.05) is 29.4 Å². The van der Waals surface area contributed by atoms with Crippen LogP contribution >= 0.6 is 0 Å². The molecule has 124 valence electrons. The fourth-order valence-corrected chi connectivity index (χ4v) is 2.05. The van der Waals surface area contributed by atoms with Crippen molar-refractivity contribution in [2.75, 3.05) is 39.5 Å². The van der Waals surface area contributed by atoms with E-state index >= 15 is 0 Å². The summed E-state index contributed by atoms with van der Waals surface area (Å²) in [6, 6.07) is 7.42. The first-order valence-electron chi connectivity index (χ1n) is 7.45. The van der Waals surface area contributed by atoms with E-state index < -0.39 is 5.91 Å². The zero-order chi connectivity index (χ0) is 16.3. The fraction of sp³-hybridized carbons (Fsp3) is 0.375. The Hall–Kier alpha value is -2.22. The van der Waals surface area contributed by atoms with Crippen molar-refractivity contribution in [2.45, 2.75) is 0 Å². The van der Waals surface area contributed by atoms with Crippen LogP contribution in [0.3, 0.4) is 0 Å². The third kappa shape index (κ3) is 6.60. The lowest BCUT2D eigenvalue weighted by atomic mass is 10.1. The second-order valence-corrected chi connectivity index (χ2v) is 5.00. The molecule has 1 aliphatic heterocycles. The summed E-state index contributed by atoms with van der Waals surface area (Å²) in [5.41, 5.74) is 3.29. The number of hydrogen-bond acceptors (Lipinski definition) is 6. The first-order valence-corrected chi connectivity index (χ1v) is 7.45. The molecule has 0 unspecified atom stereocenters. The topological polar surface area (TPSA) is 83.4 Å². The molecule has 2 N–H and O–H groups in total. The van der Waals surface area contributed by atoms with Gasteiger partial charge in [-0.05, 0) is 17.2 Å². The molecule has 0 radical (unpaired) electrons. The van der Waals surface area contributed by atoms with E-state index in [-0.39, 0.29) is 0 Å². The van der Waals surface area contributed by atoms with E-state index in [9.17, 15) is 4.79 Å². The second-order valence-electron chi connectivity index (χ2n) is 5.00. The van der Waals surface area contributed by atoms with Gasteiger partial charge < -0.3 is 9.57 Å². The average molecular weight is 319 g/mol. The van der Waals surface area contributed by atoms with Crippen molar-refractivity contribution in [3.05, 3.63) is 41.5 Å². The molecule has 1 aromatic rings. The van der Waals surface area contributed by atoms with Crippen molar-refractivity contribution in [3.63, 3.8) is 0 Å². The Labute approximate surface area is 135 Å². The van der Waals surface area contributed by atoms with Crippen molar-refractivity contribution in [3.8, 4) is 0 Å². The van der Waals surface area contributed by atoms with E-state index in [4.69, 9.17) is 14.8 Å². The third-order valence-corrected chi connectivity index (χ3v) is 3.35. The molecule has 0 spiro atoms. The number of nitrogens with zero attached hydrogens (tertiary/aromatic N) is 2. The van der Waals surface area contributed by atoms with Gasteiger partial charge in [0.05, 0.1) is 19.4 Å². The third-order valence-electron chi connectivity index (χ3n) is 3.35. The summed E-state index contributed by atoms with van der Waals surface area (Å²) in [4.78, 5) is 18.4. The van der Waals surface area contributed by atoms with Gasteiger partial charge in [0.1, 0.15) is 6.61 Å². The molecule has 7 heteroatoms. The number of oxime groups is 1. The van der Waals surface area contributed by atoms with Crippen LogP contribution in [0.25, 0.3) is 6.08 Å². The van der Waals surface area contributed by atoms with Crippen LogP contribution in [0, 0.1) is 0 Å². The fourth-order valence-electron chi connectivity index (χ4n) is 2.05. The van der Waals surface area contributed by atoms with Crippen LogP contribution in [0.15, 0.2) is 35.5 Å². The predicted octanol–water partition coefficient (Wildman–Crippen LogP) is 0.888. The Morgan fingerprint density at radius 1 is 1.30 bits per heavy atom. The van der Waals surface area contributed by atoms with Crippen molar-refractivity contribution in [2.24, 2.45) is 5.16 Å². The highest BCUT2D eigenvalue weighted by Gasteiger charge is 2.09. The Balaban J connectivity index is 1.70. The minimum absolute atomic E-state index is 0.549. The number of rotatable bonds is 7. The highest BCUT2D eigenvalue weighted by molar-refractivity contribution is 5.91. The van der Waals surface area contributed by atoms with Gasteiger partial charge in [-0.15, -0.1) is 0 Å². The largest absolute Gasteiger partial charge is 0.394 e. The highest BCUT2D eigenvalue weighted by Crippen LogP contribution is 2.05. The molecule has 0 aliphatic carbocycles. The number of morpholine rings is 1. The van der Waals surface area contributed by atoms with Gasteiger partial charge in [-0.3, -0.25) is 14.9 Å². The van der Waals surface area contributed by atoms with Crippen molar-refractivity contribution >= 4 is 18.2 Å². The van der Waals surface area contributed by atoms with Crippen molar-refractivity contribution in [1.82, 2.24) is 10.4 Å². The normalized spacial score (nSPS) is 16.0. The molecule has 0 aromatic heterocycles. The number of ether oxygens (including phenoxy) is 1. The summed E-state index contributed by atoms with van der Waals surface area (Å²) in [6.07, 6.45) is 4.50. The minimum Gasteiger partial charge on any atom is -0.394 e. The highest BCUT2D eigenvalue weighted by atomic mass is 16.6. The van der Waals surface area contributed by atoms with E-state index in [1.54, 1.807) is 12.3 Å². The Kier molecular flexibility index (Phi) is 7.25. The molecule has 1 aliphatic rings. The molecule has 1 amide bonds. The molecule has 0 bridgehead atoms. The summed E-state index contributed by atoms with van der Waals surface area (Å²) in [7, 11) is 0. The number of carbonyl (C=O) groups is 1. The number of amides is 1. The summed E-state index contributed by atoms with van der Waals surface area (Å²) in [6.45, 7) is 4.84. The summed E-state index contributed by atoms with van der Waals surface area (Å²) in [5, 5.41) is 12.3. The number of benzene rings is 1. The first-order chi connectivity index (χ1) is 11.3. The van der Waals surface area contributed by atoms with Gasteiger partial charge in [-0.2, -0.15) is 0 Å². The number of carbonyl (C=O) groups excluding carboxylic acids is 1. The molecular weight excluding hydrogens is 298 g/mol. The SMILES string of the molecule is O=C(/C=C/c1ccc(/C=N/OCCN2CCOCC2)cc1)NO. The van der Waals surface area contributed by atoms with Gasteiger partial charge >= 0.3 is 0 Å². The maximum atomic E-state index is 10.9. The standard InChI is InChI=1S/C16H21N3O4/c20-16(18-21)6-5-14-1-3-15(4-2-14)13-17-23-12-9-19-7-10-22-11-8-19/h1-6,13,21H,7-12H2,(H,18,20)/b6-5+,17-13+. The predicted molar refractivity (Wildman–Crippen MR) is 86.2 cm³/mol. The van der Waals surface area contributed by atoms with E-state index in [0.717, 1.165) is 44.0 Å². The van der Waals surface area contributed by atoms with Gasteiger partial charge in [0, 0.05) is 25.7 Å². The van der Waals surface area contributed by atoms with Crippen molar-refractivity contribution in [1.29, 1.82) is 0 Å². The molecule has 7 nitrogen and oxygen atoms in total. The van der Waals surface area contributed by atoms with Crippen LogP contribution in [0.1, 0.15) is 11.1 Å². The van der Waals surface area contributed by atoms with Crippen LogP contribution in [-0.2, 0) is 14.4 Å². The van der Waals surface area contributed by atoms with Gasteiger partial charge in [0.15, 0.2) is 0 Å². The van der Waals surface area contributed by atoms with Crippen LogP contribution in [0.2, 0.25) is 0 Å². The van der Waals surface area contributed by atoms with E-state index in [1.165, 1.54) is 11.6 Å².